The maximum absolute atomic E-state index is 15.1. The molecule has 1 fully saturated rings. The van der Waals surface area contributed by atoms with Crippen molar-refractivity contribution >= 4 is 11.9 Å². The molecule has 3 atom stereocenters. The van der Waals surface area contributed by atoms with Gasteiger partial charge in [-0.25, -0.2) is 22.4 Å². The number of pyridine rings is 1. The fourth-order valence-electron chi connectivity index (χ4n) is 5.72. The predicted octanol–water partition coefficient (Wildman–Crippen LogP) is 5.13. The van der Waals surface area contributed by atoms with E-state index < -0.39 is 47.4 Å². The number of morpholine rings is 1. The van der Waals surface area contributed by atoms with Crippen molar-refractivity contribution in [3.8, 4) is 0 Å². The molecule has 0 radical (unpaired) electrons. The van der Waals surface area contributed by atoms with Crippen LogP contribution in [0.4, 0.5) is 22.4 Å². The fourth-order valence-corrected chi connectivity index (χ4v) is 5.72. The molecule has 48 heavy (non-hydrogen) atoms. The topological polar surface area (TPSA) is 116 Å². The molecule has 1 aliphatic heterocycles. The van der Waals surface area contributed by atoms with Crippen molar-refractivity contribution in [2.75, 3.05) is 19.7 Å². The molecule has 0 unspecified atom stereocenters. The zero-order valence-electron chi connectivity index (χ0n) is 26.0. The second-order valence-corrected chi connectivity index (χ2v) is 11.7. The number of carbonyl (C=O) groups excluding carboxylic acids is 2. The SMILES string of the molecule is N[C@H](C(=O)Cc1cncc(F)c1CC[C@@H]1CNC[C@@H](COC(=O)NCc2ccc(F)cc2)O1)C(c1ccc(F)cc1)c1ccc(F)cc1. The first-order valence-corrected chi connectivity index (χ1v) is 15.6. The second-order valence-electron chi connectivity index (χ2n) is 11.7. The number of hydrogen-bond donors (Lipinski definition) is 3. The highest BCUT2D eigenvalue weighted by molar-refractivity contribution is 5.87. The van der Waals surface area contributed by atoms with Crippen molar-refractivity contribution in [3.05, 3.63) is 136 Å². The summed E-state index contributed by atoms with van der Waals surface area (Å²) < 4.78 is 67.0. The third-order valence-electron chi connectivity index (χ3n) is 8.24. The highest BCUT2D eigenvalue weighted by atomic mass is 19.1. The molecule has 1 amide bonds. The zero-order chi connectivity index (χ0) is 34.0. The first kappa shape index (κ1) is 34.7. The lowest BCUT2D eigenvalue weighted by molar-refractivity contribution is -0.119. The lowest BCUT2D eigenvalue weighted by Crippen LogP contribution is -2.47. The molecule has 12 heteroatoms. The normalized spacial score (nSPS) is 16.8. The van der Waals surface area contributed by atoms with E-state index in [4.69, 9.17) is 15.2 Å². The molecule has 5 rings (SSSR count). The van der Waals surface area contributed by atoms with Crippen molar-refractivity contribution in [2.24, 2.45) is 5.73 Å². The number of benzene rings is 3. The van der Waals surface area contributed by atoms with Gasteiger partial charge in [0.15, 0.2) is 5.78 Å². The first-order chi connectivity index (χ1) is 23.2. The second kappa shape index (κ2) is 16.4. The molecule has 1 aliphatic rings. The molecule has 2 heterocycles. The monoisotopic (exact) mass is 664 g/mol. The number of hydrogen-bond acceptors (Lipinski definition) is 7. The molecule has 0 saturated carbocycles. The number of nitrogens with one attached hydrogen (secondary N) is 2. The Balaban J connectivity index is 1.18. The van der Waals surface area contributed by atoms with Gasteiger partial charge in [0.2, 0.25) is 0 Å². The molecule has 3 aromatic carbocycles. The summed E-state index contributed by atoms with van der Waals surface area (Å²) in [5, 5.41) is 5.85. The molecule has 0 spiro atoms. The van der Waals surface area contributed by atoms with Crippen LogP contribution in [0.1, 0.15) is 40.2 Å². The van der Waals surface area contributed by atoms with Gasteiger partial charge >= 0.3 is 6.09 Å². The highest BCUT2D eigenvalue weighted by Crippen LogP contribution is 2.29. The number of nitrogens with two attached hydrogens (primary N) is 1. The quantitative estimate of drug-likeness (QED) is 0.170. The third-order valence-corrected chi connectivity index (χ3v) is 8.24. The fraction of sp³-hybridized carbons (Fsp3) is 0.306. The molecule has 1 aromatic heterocycles. The Hall–Kier alpha value is -4.65. The van der Waals surface area contributed by atoms with Gasteiger partial charge in [0.25, 0.3) is 0 Å². The van der Waals surface area contributed by atoms with Gasteiger partial charge in [-0.1, -0.05) is 36.4 Å². The number of amides is 1. The van der Waals surface area contributed by atoms with Gasteiger partial charge in [0.05, 0.1) is 18.3 Å². The van der Waals surface area contributed by atoms with Crippen LogP contribution in [-0.2, 0) is 33.7 Å². The van der Waals surface area contributed by atoms with Crippen LogP contribution in [0.15, 0.2) is 85.2 Å². The van der Waals surface area contributed by atoms with Gasteiger partial charge in [-0.3, -0.25) is 9.78 Å². The number of halogens is 4. The summed E-state index contributed by atoms with van der Waals surface area (Å²) in [4.78, 5) is 29.7. The summed E-state index contributed by atoms with van der Waals surface area (Å²) in [6.45, 7) is 1.11. The smallest absolute Gasteiger partial charge is 0.407 e. The predicted molar refractivity (Wildman–Crippen MR) is 170 cm³/mol. The maximum Gasteiger partial charge on any atom is 0.407 e. The zero-order valence-corrected chi connectivity index (χ0v) is 26.0. The van der Waals surface area contributed by atoms with Crippen molar-refractivity contribution < 1.29 is 36.6 Å². The van der Waals surface area contributed by atoms with E-state index in [2.05, 4.69) is 15.6 Å². The number of ether oxygens (including phenoxy) is 2. The van der Waals surface area contributed by atoms with Crippen LogP contribution in [-0.4, -0.2) is 54.8 Å². The van der Waals surface area contributed by atoms with Gasteiger partial charge in [0, 0.05) is 38.2 Å². The number of Topliss-reactive ketones (excluding diaryl/α,β-unsaturated/α-hetero) is 1. The van der Waals surface area contributed by atoms with E-state index >= 15 is 4.39 Å². The van der Waals surface area contributed by atoms with Crippen LogP contribution in [0.2, 0.25) is 0 Å². The van der Waals surface area contributed by atoms with Gasteiger partial charge in [0.1, 0.15) is 36.0 Å². The Labute approximate surface area is 275 Å². The Bertz CT molecular complexity index is 1630. The molecule has 1 saturated heterocycles. The van der Waals surface area contributed by atoms with E-state index in [1.54, 1.807) is 12.1 Å². The summed E-state index contributed by atoms with van der Waals surface area (Å²) >= 11 is 0. The number of nitrogens with zero attached hydrogens (tertiary/aromatic N) is 1. The van der Waals surface area contributed by atoms with Crippen molar-refractivity contribution in [2.45, 2.75) is 50.0 Å². The van der Waals surface area contributed by atoms with Crippen LogP contribution >= 0.6 is 0 Å². The summed E-state index contributed by atoms with van der Waals surface area (Å²) in [7, 11) is 0. The van der Waals surface area contributed by atoms with Crippen molar-refractivity contribution in [1.29, 1.82) is 0 Å². The van der Waals surface area contributed by atoms with Crippen LogP contribution in [0.5, 0.6) is 0 Å². The van der Waals surface area contributed by atoms with E-state index in [-0.39, 0.29) is 37.9 Å². The molecule has 4 aromatic rings. The molecule has 4 N–H and O–H groups in total. The Kier molecular flexibility index (Phi) is 11.9. The highest BCUT2D eigenvalue weighted by Gasteiger charge is 2.29. The van der Waals surface area contributed by atoms with E-state index in [9.17, 15) is 22.8 Å². The van der Waals surface area contributed by atoms with Gasteiger partial charge in [-0.05, 0) is 77.1 Å². The number of alkyl carbamates (subject to hydrolysis) is 1. The Morgan fingerprint density at radius 1 is 0.875 bits per heavy atom. The number of rotatable bonds is 13. The Morgan fingerprint density at radius 2 is 1.46 bits per heavy atom. The summed E-state index contributed by atoms with van der Waals surface area (Å²) in [5.41, 5.74) is 9.08. The minimum atomic E-state index is -1.10. The van der Waals surface area contributed by atoms with E-state index in [1.807, 2.05) is 0 Å². The van der Waals surface area contributed by atoms with Gasteiger partial charge in [-0.15, -0.1) is 0 Å². The molecular weight excluding hydrogens is 628 g/mol. The summed E-state index contributed by atoms with van der Waals surface area (Å²) in [5.74, 6) is -2.93. The molecule has 8 nitrogen and oxygen atoms in total. The summed E-state index contributed by atoms with van der Waals surface area (Å²) in [6.07, 6.45) is 1.57. The average molecular weight is 665 g/mol. The van der Waals surface area contributed by atoms with E-state index in [0.29, 0.717) is 41.8 Å². The molecule has 252 valence electrons. The van der Waals surface area contributed by atoms with E-state index in [1.165, 1.54) is 66.9 Å². The standard InChI is InChI=1S/C36H36F4N4O4/c37-26-7-1-22(2-8-26)16-44-36(46)47-21-30-19-43-18-29(48-30)13-14-31-25(17-42-20-32(31)40)15-33(45)35(41)34(23-3-9-27(38)10-4-23)24-5-11-28(39)12-6-24/h1-12,17,20,29-30,34-35,43H,13-16,18-19,21,41H2,(H,44,46)/t29-,30+,35-/m1/s1. The van der Waals surface area contributed by atoms with E-state index in [0.717, 1.165) is 11.8 Å². The van der Waals surface area contributed by atoms with Crippen molar-refractivity contribution in [3.63, 3.8) is 0 Å². The minimum absolute atomic E-state index is 0.0106. The maximum atomic E-state index is 15.1. The Morgan fingerprint density at radius 3 is 2.08 bits per heavy atom. The lowest BCUT2D eigenvalue weighted by Gasteiger charge is -2.31. The van der Waals surface area contributed by atoms with Gasteiger partial charge in [-0.2, -0.15) is 0 Å². The first-order valence-electron chi connectivity index (χ1n) is 15.6. The summed E-state index contributed by atoms with van der Waals surface area (Å²) in [6, 6.07) is 15.8. The van der Waals surface area contributed by atoms with Crippen LogP contribution < -0.4 is 16.4 Å². The molecular formula is C36H36F4N4O4. The largest absolute Gasteiger partial charge is 0.447 e. The van der Waals surface area contributed by atoms with Gasteiger partial charge < -0.3 is 25.8 Å². The number of aromatic nitrogens is 1. The average Bonchev–Trinajstić information content (AvgIpc) is 3.08. The van der Waals surface area contributed by atoms with Crippen LogP contribution in [0.25, 0.3) is 0 Å². The van der Waals surface area contributed by atoms with Crippen LogP contribution in [0, 0.1) is 23.3 Å². The lowest BCUT2D eigenvalue weighted by atomic mass is 9.82. The molecule has 0 aliphatic carbocycles. The number of ketones is 1. The third kappa shape index (κ3) is 9.46. The van der Waals surface area contributed by atoms with Crippen LogP contribution in [0.3, 0.4) is 0 Å². The van der Waals surface area contributed by atoms with Crippen molar-refractivity contribution in [1.82, 2.24) is 15.6 Å². The minimum Gasteiger partial charge on any atom is -0.447 e. The molecule has 0 bridgehead atoms. The number of carbonyl (C=O) groups is 2.